The van der Waals surface area contributed by atoms with Crippen molar-refractivity contribution in [2.75, 3.05) is 18.4 Å². The summed E-state index contributed by atoms with van der Waals surface area (Å²) in [6.07, 6.45) is 3.13. The topological polar surface area (TPSA) is 71.4 Å². The van der Waals surface area contributed by atoms with Crippen molar-refractivity contribution >= 4 is 47.4 Å². The third-order valence-electron chi connectivity index (χ3n) is 2.99. The molecule has 1 aliphatic rings. The molecular formula is C14H14Cl3N5O. The molecule has 0 radical (unpaired) electrons. The van der Waals surface area contributed by atoms with Crippen LogP contribution < -0.4 is 15.4 Å². The van der Waals surface area contributed by atoms with Gasteiger partial charge in [0.05, 0.1) is 6.54 Å². The van der Waals surface area contributed by atoms with Crippen molar-refractivity contribution in [3.8, 4) is 5.88 Å². The van der Waals surface area contributed by atoms with E-state index in [0.29, 0.717) is 33.3 Å². The van der Waals surface area contributed by atoms with Crippen LogP contribution in [0.3, 0.4) is 0 Å². The summed E-state index contributed by atoms with van der Waals surface area (Å²) in [5.41, 5.74) is 0.707. The predicted octanol–water partition coefficient (Wildman–Crippen LogP) is 3.16. The summed E-state index contributed by atoms with van der Waals surface area (Å²) in [7, 11) is 0. The SMILES string of the molecule is Cl.Clc1cccc(Cl)c1COc1nccnc1NC1=NCCN1. The molecule has 0 unspecified atom stereocenters. The van der Waals surface area contributed by atoms with Crippen molar-refractivity contribution in [2.45, 2.75) is 6.61 Å². The van der Waals surface area contributed by atoms with Crippen molar-refractivity contribution in [3.05, 3.63) is 46.2 Å². The van der Waals surface area contributed by atoms with Crippen molar-refractivity contribution in [2.24, 2.45) is 4.99 Å². The van der Waals surface area contributed by atoms with Gasteiger partial charge in [-0.2, -0.15) is 0 Å². The summed E-state index contributed by atoms with van der Waals surface area (Å²) < 4.78 is 5.71. The van der Waals surface area contributed by atoms with Gasteiger partial charge in [0.15, 0.2) is 11.8 Å². The molecule has 6 nitrogen and oxygen atoms in total. The number of benzene rings is 1. The van der Waals surface area contributed by atoms with Gasteiger partial charge in [0, 0.05) is 34.5 Å². The minimum atomic E-state index is 0. The number of guanidine groups is 1. The highest BCUT2D eigenvalue weighted by molar-refractivity contribution is 6.35. The molecule has 2 N–H and O–H groups in total. The second kappa shape index (κ2) is 8.19. The van der Waals surface area contributed by atoms with Crippen LogP contribution in [-0.4, -0.2) is 29.0 Å². The first-order chi connectivity index (χ1) is 10.7. The Morgan fingerprint density at radius 1 is 1.17 bits per heavy atom. The van der Waals surface area contributed by atoms with E-state index in [2.05, 4.69) is 25.6 Å². The molecule has 23 heavy (non-hydrogen) atoms. The number of aliphatic imine (C=N–C) groups is 1. The van der Waals surface area contributed by atoms with Gasteiger partial charge < -0.3 is 15.4 Å². The molecule has 0 amide bonds. The van der Waals surface area contributed by atoms with Gasteiger partial charge in [-0.25, -0.2) is 9.97 Å². The summed E-state index contributed by atoms with van der Waals surface area (Å²) in [5, 5.41) is 7.24. The summed E-state index contributed by atoms with van der Waals surface area (Å²) in [4.78, 5) is 12.6. The molecule has 9 heteroatoms. The van der Waals surface area contributed by atoms with E-state index in [1.165, 1.54) is 0 Å². The Morgan fingerprint density at radius 3 is 2.61 bits per heavy atom. The van der Waals surface area contributed by atoms with Crippen LogP contribution in [0, 0.1) is 0 Å². The maximum Gasteiger partial charge on any atom is 0.258 e. The minimum Gasteiger partial charge on any atom is -0.470 e. The molecule has 1 aromatic heterocycles. The Bertz CT molecular complexity index is 690. The number of halogens is 3. The smallest absolute Gasteiger partial charge is 0.258 e. The van der Waals surface area contributed by atoms with Crippen LogP contribution >= 0.6 is 35.6 Å². The van der Waals surface area contributed by atoms with E-state index in [1.54, 1.807) is 30.6 Å². The highest BCUT2D eigenvalue weighted by Crippen LogP contribution is 2.26. The van der Waals surface area contributed by atoms with Crippen molar-refractivity contribution < 1.29 is 4.74 Å². The number of hydrogen-bond donors (Lipinski definition) is 2. The second-order valence-corrected chi connectivity index (χ2v) is 5.30. The summed E-state index contributed by atoms with van der Waals surface area (Å²) in [6.45, 7) is 1.73. The average Bonchev–Trinajstić information content (AvgIpc) is 3.01. The third-order valence-corrected chi connectivity index (χ3v) is 3.70. The van der Waals surface area contributed by atoms with Gasteiger partial charge in [-0.1, -0.05) is 29.3 Å². The fraction of sp³-hybridized carbons (Fsp3) is 0.214. The van der Waals surface area contributed by atoms with E-state index in [9.17, 15) is 0 Å². The molecule has 2 heterocycles. The van der Waals surface area contributed by atoms with Gasteiger partial charge >= 0.3 is 0 Å². The Hall–Kier alpha value is -1.76. The lowest BCUT2D eigenvalue weighted by Crippen LogP contribution is -2.27. The highest BCUT2D eigenvalue weighted by atomic mass is 35.5. The van der Waals surface area contributed by atoms with Crippen LogP contribution in [0.4, 0.5) is 5.82 Å². The lowest BCUT2D eigenvalue weighted by atomic mass is 10.2. The maximum absolute atomic E-state index is 6.13. The summed E-state index contributed by atoms with van der Waals surface area (Å²) in [6, 6.07) is 5.31. The first-order valence-corrected chi connectivity index (χ1v) is 7.41. The Balaban J connectivity index is 0.00000192. The van der Waals surface area contributed by atoms with E-state index in [0.717, 1.165) is 13.1 Å². The second-order valence-electron chi connectivity index (χ2n) is 4.48. The zero-order valence-electron chi connectivity index (χ0n) is 11.9. The Kier molecular flexibility index (Phi) is 6.27. The van der Waals surface area contributed by atoms with E-state index in [4.69, 9.17) is 27.9 Å². The lowest BCUT2D eigenvalue weighted by Gasteiger charge is -2.12. The van der Waals surface area contributed by atoms with Crippen LogP contribution in [0.25, 0.3) is 0 Å². The van der Waals surface area contributed by atoms with Crippen LogP contribution in [0.1, 0.15) is 5.56 Å². The zero-order valence-corrected chi connectivity index (χ0v) is 14.3. The predicted molar refractivity (Wildman–Crippen MR) is 94.0 cm³/mol. The number of nitrogens with zero attached hydrogens (tertiary/aromatic N) is 3. The molecule has 0 saturated heterocycles. The molecule has 122 valence electrons. The quantitative estimate of drug-likeness (QED) is 0.860. The van der Waals surface area contributed by atoms with Gasteiger partial charge in [0.1, 0.15) is 6.61 Å². The van der Waals surface area contributed by atoms with Crippen molar-refractivity contribution in [1.82, 2.24) is 15.3 Å². The normalized spacial score (nSPS) is 12.9. The van der Waals surface area contributed by atoms with Crippen LogP contribution in [0.2, 0.25) is 10.0 Å². The Labute approximate surface area is 149 Å². The molecule has 0 aliphatic carbocycles. The largest absolute Gasteiger partial charge is 0.470 e. The summed E-state index contributed by atoms with van der Waals surface area (Å²) >= 11 is 12.3. The molecule has 0 atom stereocenters. The first-order valence-electron chi connectivity index (χ1n) is 6.66. The Morgan fingerprint density at radius 2 is 1.91 bits per heavy atom. The standard InChI is InChI=1S/C14H13Cl2N5O.ClH/c15-10-2-1-3-11(16)9(10)8-22-13-12(17-4-5-18-13)21-14-19-6-7-20-14;/h1-5H,6-8H2,(H2,17,19,20,21);1H. The van der Waals surface area contributed by atoms with Gasteiger partial charge in [-0.15, -0.1) is 12.4 Å². The number of aromatic nitrogens is 2. The van der Waals surface area contributed by atoms with Gasteiger partial charge in [0.25, 0.3) is 5.88 Å². The zero-order chi connectivity index (χ0) is 15.4. The van der Waals surface area contributed by atoms with Gasteiger partial charge in [0.2, 0.25) is 0 Å². The fourth-order valence-electron chi connectivity index (χ4n) is 1.92. The molecule has 1 aromatic carbocycles. The third kappa shape index (κ3) is 4.37. The molecule has 0 bridgehead atoms. The van der Waals surface area contributed by atoms with Gasteiger partial charge in [-0.05, 0) is 12.1 Å². The number of rotatable bonds is 4. The number of nitrogens with one attached hydrogen (secondary N) is 2. The van der Waals surface area contributed by atoms with Crippen molar-refractivity contribution in [3.63, 3.8) is 0 Å². The molecule has 0 saturated carbocycles. The van der Waals surface area contributed by atoms with Crippen molar-refractivity contribution in [1.29, 1.82) is 0 Å². The molecule has 0 spiro atoms. The van der Waals surface area contributed by atoms with E-state index in [1.807, 2.05) is 0 Å². The highest BCUT2D eigenvalue weighted by Gasteiger charge is 2.13. The molecule has 1 aliphatic heterocycles. The summed E-state index contributed by atoms with van der Waals surface area (Å²) in [5.74, 6) is 1.50. The maximum atomic E-state index is 6.13. The van der Waals surface area contributed by atoms with Crippen LogP contribution in [0.15, 0.2) is 35.6 Å². The number of anilines is 1. The fourth-order valence-corrected chi connectivity index (χ4v) is 2.43. The molecular weight excluding hydrogens is 361 g/mol. The minimum absolute atomic E-state index is 0. The average molecular weight is 375 g/mol. The molecule has 0 fully saturated rings. The molecule has 2 aromatic rings. The van der Waals surface area contributed by atoms with Gasteiger partial charge in [-0.3, -0.25) is 4.99 Å². The van der Waals surface area contributed by atoms with E-state index < -0.39 is 0 Å². The van der Waals surface area contributed by atoms with E-state index >= 15 is 0 Å². The van der Waals surface area contributed by atoms with Crippen LogP contribution in [-0.2, 0) is 6.61 Å². The monoisotopic (exact) mass is 373 g/mol. The lowest BCUT2D eigenvalue weighted by molar-refractivity contribution is 0.294. The number of ether oxygens (including phenoxy) is 1. The number of hydrogen-bond acceptors (Lipinski definition) is 6. The van der Waals surface area contributed by atoms with Crippen LogP contribution in [0.5, 0.6) is 5.88 Å². The molecule has 3 rings (SSSR count). The van der Waals surface area contributed by atoms with E-state index in [-0.39, 0.29) is 19.0 Å². The first kappa shape index (κ1) is 17.6.